The number of benzene rings is 1. The van der Waals surface area contributed by atoms with Crippen LogP contribution in [-0.4, -0.2) is 9.97 Å². The van der Waals surface area contributed by atoms with E-state index < -0.39 is 0 Å². The molecule has 3 aromatic rings. The number of nitrogens with one attached hydrogen (secondary N) is 1. The van der Waals surface area contributed by atoms with Gasteiger partial charge in [0.1, 0.15) is 0 Å². The third-order valence-corrected chi connectivity index (χ3v) is 2.13. The summed E-state index contributed by atoms with van der Waals surface area (Å²) >= 11 is 0. The van der Waals surface area contributed by atoms with E-state index in [-0.39, 0.29) is 0 Å². The zero-order valence-electron chi connectivity index (χ0n) is 6.91. The van der Waals surface area contributed by atoms with Crippen molar-refractivity contribution in [3.63, 3.8) is 0 Å². The lowest BCUT2D eigenvalue weighted by atomic mass is 10.2. The lowest BCUT2D eigenvalue weighted by Crippen LogP contribution is -1.79. The summed E-state index contributed by atoms with van der Waals surface area (Å²) in [6.45, 7) is 0. The Morgan fingerprint density at radius 3 is 3.00 bits per heavy atom. The molecule has 1 N–H and O–H groups in total. The molecule has 3 rings (SSSR count). The van der Waals surface area contributed by atoms with Crippen molar-refractivity contribution in [1.29, 1.82) is 0 Å². The second-order valence-corrected chi connectivity index (χ2v) is 2.99. The number of H-pyrrole nitrogens is 1. The number of para-hydroxylation sites is 1. The molecule has 0 saturated heterocycles. The molecule has 0 aliphatic carbocycles. The van der Waals surface area contributed by atoms with E-state index in [0.29, 0.717) is 0 Å². The fourth-order valence-electron chi connectivity index (χ4n) is 1.50. The van der Waals surface area contributed by atoms with E-state index >= 15 is 0 Å². The van der Waals surface area contributed by atoms with E-state index in [0.717, 1.165) is 21.9 Å². The van der Waals surface area contributed by atoms with Crippen LogP contribution < -0.4 is 0 Å². The highest BCUT2D eigenvalue weighted by atomic mass is 14.8. The van der Waals surface area contributed by atoms with Crippen LogP contribution in [0.3, 0.4) is 0 Å². The zero-order valence-corrected chi connectivity index (χ0v) is 6.91. The number of fused-ring (bicyclic) bond motifs is 2. The number of nitrogens with zero attached hydrogens (tertiary/aromatic N) is 1. The van der Waals surface area contributed by atoms with E-state index in [4.69, 9.17) is 0 Å². The monoisotopic (exact) mass is 167 g/mol. The Labute approximate surface area is 75.2 Å². The van der Waals surface area contributed by atoms with Crippen LogP contribution in [-0.2, 0) is 0 Å². The highest BCUT2D eigenvalue weighted by Gasteiger charge is 1.98. The molecule has 0 atom stereocenters. The molecular formula is C11H7N2. The molecule has 0 bridgehead atoms. The van der Waals surface area contributed by atoms with Gasteiger partial charge in [0.2, 0.25) is 0 Å². The predicted molar refractivity (Wildman–Crippen MR) is 52.4 cm³/mol. The summed E-state index contributed by atoms with van der Waals surface area (Å²) in [4.78, 5) is 7.57. The summed E-state index contributed by atoms with van der Waals surface area (Å²) < 4.78 is 0. The molecule has 13 heavy (non-hydrogen) atoms. The summed E-state index contributed by atoms with van der Waals surface area (Å²) in [7, 11) is 0. The maximum Gasteiger partial charge on any atom is 0.0892 e. The van der Waals surface area contributed by atoms with E-state index in [1.165, 1.54) is 0 Å². The van der Waals surface area contributed by atoms with Crippen molar-refractivity contribution in [3.8, 4) is 0 Å². The molecule has 1 aromatic carbocycles. The highest BCUT2D eigenvalue weighted by molar-refractivity contribution is 5.89. The SMILES string of the molecule is [c]1c2ccccc2nc2cc[nH]c12. The number of aromatic nitrogens is 2. The first-order valence-corrected chi connectivity index (χ1v) is 4.19. The molecular weight excluding hydrogens is 160 g/mol. The van der Waals surface area contributed by atoms with Crippen LogP contribution in [0, 0.1) is 6.07 Å². The smallest absolute Gasteiger partial charge is 0.0892 e. The van der Waals surface area contributed by atoms with E-state index in [2.05, 4.69) is 16.0 Å². The minimum Gasteiger partial charge on any atom is -0.359 e. The number of aromatic amines is 1. The molecule has 2 heterocycles. The van der Waals surface area contributed by atoms with Gasteiger partial charge in [0.05, 0.1) is 16.6 Å². The van der Waals surface area contributed by atoms with Crippen LogP contribution in [0.25, 0.3) is 21.9 Å². The first kappa shape index (κ1) is 6.66. The van der Waals surface area contributed by atoms with Crippen LogP contribution >= 0.6 is 0 Å². The van der Waals surface area contributed by atoms with Gasteiger partial charge in [-0.2, -0.15) is 0 Å². The van der Waals surface area contributed by atoms with Crippen LogP contribution in [0.5, 0.6) is 0 Å². The second kappa shape index (κ2) is 2.33. The standard InChI is InChI=1S/C11H7N2/c1-2-4-9-8(3-1)7-11-10(13-9)5-6-12-11/h1-6,12H. The van der Waals surface area contributed by atoms with Crippen molar-refractivity contribution in [1.82, 2.24) is 9.97 Å². The van der Waals surface area contributed by atoms with Gasteiger partial charge in [-0.15, -0.1) is 0 Å². The van der Waals surface area contributed by atoms with Crippen LogP contribution in [0.4, 0.5) is 0 Å². The molecule has 0 fully saturated rings. The maximum atomic E-state index is 4.48. The van der Waals surface area contributed by atoms with Gasteiger partial charge in [0.25, 0.3) is 0 Å². The van der Waals surface area contributed by atoms with E-state index in [9.17, 15) is 0 Å². The Morgan fingerprint density at radius 2 is 2.00 bits per heavy atom. The van der Waals surface area contributed by atoms with Crippen molar-refractivity contribution in [3.05, 3.63) is 42.6 Å². The van der Waals surface area contributed by atoms with Gasteiger partial charge in [-0.1, -0.05) is 18.2 Å². The van der Waals surface area contributed by atoms with Gasteiger partial charge in [-0.25, -0.2) is 4.98 Å². The lowest BCUT2D eigenvalue weighted by Gasteiger charge is -1.95. The molecule has 1 radical (unpaired) electrons. The number of rotatable bonds is 0. The molecule has 0 saturated carbocycles. The largest absolute Gasteiger partial charge is 0.359 e. The average molecular weight is 167 g/mol. The third-order valence-electron chi connectivity index (χ3n) is 2.13. The predicted octanol–water partition coefficient (Wildman–Crippen LogP) is 2.52. The average Bonchev–Trinajstić information content (AvgIpc) is 2.61. The fraction of sp³-hybridized carbons (Fsp3) is 0. The van der Waals surface area contributed by atoms with Gasteiger partial charge in [-0.05, 0) is 12.1 Å². The Bertz CT molecular complexity index is 517. The molecule has 2 nitrogen and oxygen atoms in total. The van der Waals surface area contributed by atoms with Crippen LogP contribution in [0.2, 0.25) is 0 Å². The third kappa shape index (κ3) is 0.920. The van der Waals surface area contributed by atoms with Crippen molar-refractivity contribution < 1.29 is 0 Å². The first-order chi connectivity index (χ1) is 6.43. The fourth-order valence-corrected chi connectivity index (χ4v) is 1.50. The maximum absolute atomic E-state index is 4.48. The quantitative estimate of drug-likeness (QED) is 0.547. The van der Waals surface area contributed by atoms with Gasteiger partial charge in [0, 0.05) is 17.6 Å². The molecule has 2 heteroatoms. The van der Waals surface area contributed by atoms with Crippen LogP contribution in [0.1, 0.15) is 0 Å². The molecule has 2 aromatic heterocycles. The normalized spacial score (nSPS) is 11.1. The van der Waals surface area contributed by atoms with Crippen molar-refractivity contribution >= 4 is 21.9 Å². The molecule has 0 amide bonds. The molecule has 0 spiro atoms. The molecule has 0 aliphatic heterocycles. The topological polar surface area (TPSA) is 28.7 Å². The molecule has 61 valence electrons. The summed E-state index contributed by atoms with van der Waals surface area (Å²) in [5, 5.41) is 1.05. The Balaban J connectivity index is 2.57. The minimum atomic E-state index is 0.971. The lowest BCUT2D eigenvalue weighted by molar-refractivity contribution is 1.46. The minimum absolute atomic E-state index is 0.971. The molecule has 0 unspecified atom stereocenters. The van der Waals surface area contributed by atoms with Gasteiger partial charge in [-0.3, -0.25) is 0 Å². The second-order valence-electron chi connectivity index (χ2n) is 2.99. The van der Waals surface area contributed by atoms with Crippen molar-refractivity contribution in [2.75, 3.05) is 0 Å². The Hall–Kier alpha value is -1.83. The Morgan fingerprint density at radius 1 is 1.08 bits per heavy atom. The van der Waals surface area contributed by atoms with Gasteiger partial charge >= 0.3 is 0 Å². The van der Waals surface area contributed by atoms with E-state index in [1.807, 2.05) is 36.5 Å². The zero-order chi connectivity index (χ0) is 8.67. The number of hydrogen-bond acceptors (Lipinski definition) is 1. The van der Waals surface area contributed by atoms with Crippen LogP contribution in [0.15, 0.2) is 36.5 Å². The summed E-state index contributed by atoms with van der Waals surface area (Å²) in [6.07, 6.45) is 1.88. The number of pyridine rings is 1. The summed E-state index contributed by atoms with van der Waals surface area (Å²) in [5.41, 5.74) is 2.94. The summed E-state index contributed by atoms with van der Waals surface area (Å²) in [5.74, 6) is 0. The highest BCUT2D eigenvalue weighted by Crippen LogP contribution is 2.16. The van der Waals surface area contributed by atoms with Gasteiger partial charge in [0.15, 0.2) is 0 Å². The first-order valence-electron chi connectivity index (χ1n) is 4.19. The molecule has 0 aliphatic rings. The van der Waals surface area contributed by atoms with Crippen molar-refractivity contribution in [2.45, 2.75) is 0 Å². The number of hydrogen-bond donors (Lipinski definition) is 1. The van der Waals surface area contributed by atoms with Gasteiger partial charge < -0.3 is 4.98 Å². The van der Waals surface area contributed by atoms with Crippen molar-refractivity contribution in [2.24, 2.45) is 0 Å². The summed E-state index contributed by atoms with van der Waals surface area (Å²) in [6, 6.07) is 13.2. The van der Waals surface area contributed by atoms with E-state index in [1.54, 1.807) is 0 Å². The Kier molecular flexibility index (Phi) is 1.19.